The van der Waals surface area contributed by atoms with Crippen molar-refractivity contribution >= 4 is 17.8 Å². The van der Waals surface area contributed by atoms with Gasteiger partial charge in [-0.3, -0.25) is 5.43 Å². The van der Waals surface area contributed by atoms with Gasteiger partial charge in [0.15, 0.2) is 5.54 Å². The van der Waals surface area contributed by atoms with Gasteiger partial charge in [-0.05, 0) is 17.7 Å². The predicted octanol–water partition coefficient (Wildman–Crippen LogP) is 2.47. The predicted molar refractivity (Wildman–Crippen MR) is 53.2 cm³/mol. The fourth-order valence-electron chi connectivity index (χ4n) is 1.58. The number of nitrogens with one attached hydrogen (secondary N) is 1. The van der Waals surface area contributed by atoms with E-state index in [-0.39, 0.29) is 17.1 Å². The van der Waals surface area contributed by atoms with Crippen LogP contribution in [0.2, 0.25) is 5.15 Å². The Labute approximate surface area is 94.3 Å². The van der Waals surface area contributed by atoms with E-state index in [2.05, 4.69) is 15.5 Å². The molecule has 1 aromatic heterocycles. The molecule has 7 heteroatoms. The first-order valence-electron chi connectivity index (χ1n) is 4.43. The zero-order valence-corrected chi connectivity index (χ0v) is 8.68. The molecule has 1 aromatic rings. The minimum atomic E-state index is -4.45. The molecule has 16 heavy (non-hydrogen) atoms. The van der Waals surface area contributed by atoms with Crippen LogP contribution in [0.15, 0.2) is 23.4 Å². The third-order valence-electron chi connectivity index (χ3n) is 2.45. The average molecular weight is 250 g/mol. The number of rotatable bonds is 1. The summed E-state index contributed by atoms with van der Waals surface area (Å²) in [7, 11) is 0. The Kier molecular flexibility index (Phi) is 2.53. The molecule has 2 heterocycles. The lowest BCUT2D eigenvalue weighted by Gasteiger charge is -2.31. The lowest BCUT2D eigenvalue weighted by atomic mass is 9.88. The number of hydrazone groups is 1. The minimum Gasteiger partial charge on any atom is -0.290 e. The van der Waals surface area contributed by atoms with E-state index in [1.807, 2.05) is 0 Å². The molecule has 1 aliphatic heterocycles. The van der Waals surface area contributed by atoms with Crippen LogP contribution in [0, 0.1) is 0 Å². The quantitative estimate of drug-likeness (QED) is 0.777. The van der Waals surface area contributed by atoms with Gasteiger partial charge >= 0.3 is 6.18 Å². The van der Waals surface area contributed by atoms with E-state index in [9.17, 15) is 13.2 Å². The largest absolute Gasteiger partial charge is 0.417 e. The smallest absolute Gasteiger partial charge is 0.290 e. The first-order chi connectivity index (χ1) is 7.46. The Morgan fingerprint density at radius 2 is 2.19 bits per heavy atom. The summed E-state index contributed by atoms with van der Waals surface area (Å²) in [4.78, 5) is 3.65. The fourth-order valence-corrected chi connectivity index (χ4v) is 1.75. The second-order valence-electron chi connectivity index (χ2n) is 3.40. The molecule has 1 atom stereocenters. The molecule has 86 valence electrons. The normalized spacial score (nSPS) is 24.5. The molecule has 0 bridgehead atoms. The highest BCUT2D eigenvalue weighted by Crippen LogP contribution is 2.43. The summed E-state index contributed by atoms with van der Waals surface area (Å²) < 4.78 is 39.1. The van der Waals surface area contributed by atoms with Crippen molar-refractivity contribution < 1.29 is 13.2 Å². The Morgan fingerprint density at radius 1 is 1.44 bits per heavy atom. The Morgan fingerprint density at radius 3 is 2.69 bits per heavy atom. The SMILES string of the molecule is FC(F)(F)C1(c2ccnc(Cl)c2)CC=NN1. The molecule has 0 fully saturated rings. The van der Waals surface area contributed by atoms with E-state index in [0.29, 0.717) is 0 Å². The summed E-state index contributed by atoms with van der Waals surface area (Å²) in [6.45, 7) is 0. The summed E-state index contributed by atoms with van der Waals surface area (Å²) in [5.41, 5.74) is -0.0578. The van der Waals surface area contributed by atoms with Gasteiger partial charge in [0.1, 0.15) is 5.15 Å². The number of hydrogen-bond donors (Lipinski definition) is 1. The van der Waals surface area contributed by atoms with E-state index in [1.165, 1.54) is 24.5 Å². The van der Waals surface area contributed by atoms with E-state index in [4.69, 9.17) is 11.6 Å². The van der Waals surface area contributed by atoms with E-state index < -0.39 is 11.7 Å². The van der Waals surface area contributed by atoms with Gasteiger partial charge in [-0.15, -0.1) is 0 Å². The summed E-state index contributed by atoms with van der Waals surface area (Å²) in [5.74, 6) is 0. The summed E-state index contributed by atoms with van der Waals surface area (Å²) in [6, 6.07) is 2.47. The molecule has 0 amide bonds. The molecule has 0 saturated heterocycles. The van der Waals surface area contributed by atoms with Gasteiger partial charge in [0, 0.05) is 18.8 Å². The number of pyridine rings is 1. The van der Waals surface area contributed by atoms with Crippen LogP contribution in [-0.4, -0.2) is 17.4 Å². The molecule has 2 rings (SSSR count). The highest BCUT2D eigenvalue weighted by Gasteiger charge is 2.57. The van der Waals surface area contributed by atoms with Gasteiger partial charge in [-0.2, -0.15) is 18.3 Å². The number of halogens is 4. The van der Waals surface area contributed by atoms with Gasteiger partial charge in [-0.25, -0.2) is 4.98 Å². The van der Waals surface area contributed by atoms with Crippen LogP contribution in [-0.2, 0) is 5.54 Å². The van der Waals surface area contributed by atoms with E-state index in [1.54, 1.807) is 0 Å². The molecular formula is C9H7ClF3N3. The molecule has 0 aromatic carbocycles. The van der Waals surface area contributed by atoms with Crippen LogP contribution >= 0.6 is 11.6 Å². The molecule has 0 radical (unpaired) electrons. The van der Waals surface area contributed by atoms with Crippen molar-refractivity contribution in [2.75, 3.05) is 0 Å². The van der Waals surface area contributed by atoms with Crippen LogP contribution in [0.4, 0.5) is 13.2 Å². The molecule has 1 unspecified atom stereocenters. The van der Waals surface area contributed by atoms with Crippen molar-refractivity contribution in [1.29, 1.82) is 0 Å². The van der Waals surface area contributed by atoms with Crippen molar-refractivity contribution in [3.63, 3.8) is 0 Å². The van der Waals surface area contributed by atoms with Crippen LogP contribution in [0.5, 0.6) is 0 Å². The van der Waals surface area contributed by atoms with E-state index in [0.717, 1.165) is 0 Å². The highest BCUT2D eigenvalue weighted by atomic mass is 35.5. The van der Waals surface area contributed by atoms with Crippen molar-refractivity contribution in [3.8, 4) is 0 Å². The zero-order chi connectivity index (χ0) is 11.8. The molecule has 0 saturated carbocycles. The lowest BCUT2D eigenvalue weighted by Crippen LogP contribution is -2.49. The molecule has 3 nitrogen and oxygen atoms in total. The first kappa shape index (κ1) is 11.2. The van der Waals surface area contributed by atoms with Crippen LogP contribution < -0.4 is 5.43 Å². The molecule has 0 spiro atoms. The summed E-state index contributed by atoms with van der Waals surface area (Å²) in [5, 5.41) is 3.47. The minimum absolute atomic E-state index is 0.0116. The van der Waals surface area contributed by atoms with E-state index >= 15 is 0 Å². The van der Waals surface area contributed by atoms with Crippen molar-refractivity contribution in [1.82, 2.24) is 10.4 Å². The van der Waals surface area contributed by atoms with Crippen molar-refractivity contribution in [3.05, 3.63) is 29.0 Å². The number of aromatic nitrogens is 1. The molecule has 1 aliphatic rings. The van der Waals surface area contributed by atoms with Crippen LogP contribution in [0.1, 0.15) is 12.0 Å². The van der Waals surface area contributed by atoms with Crippen molar-refractivity contribution in [2.24, 2.45) is 5.10 Å². The number of hydrogen-bond acceptors (Lipinski definition) is 3. The highest BCUT2D eigenvalue weighted by molar-refractivity contribution is 6.29. The number of nitrogens with zero attached hydrogens (tertiary/aromatic N) is 2. The zero-order valence-electron chi connectivity index (χ0n) is 7.92. The monoisotopic (exact) mass is 249 g/mol. The maximum atomic E-state index is 13.0. The maximum Gasteiger partial charge on any atom is 0.417 e. The topological polar surface area (TPSA) is 37.3 Å². The van der Waals surface area contributed by atoms with Crippen LogP contribution in [0.3, 0.4) is 0 Å². The third-order valence-corrected chi connectivity index (χ3v) is 2.65. The van der Waals surface area contributed by atoms with Gasteiger partial charge in [0.25, 0.3) is 0 Å². The fraction of sp³-hybridized carbons (Fsp3) is 0.333. The second kappa shape index (κ2) is 3.62. The second-order valence-corrected chi connectivity index (χ2v) is 3.79. The van der Waals surface area contributed by atoms with Gasteiger partial charge < -0.3 is 0 Å². The maximum absolute atomic E-state index is 13.0. The van der Waals surface area contributed by atoms with Crippen molar-refractivity contribution in [2.45, 2.75) is 18.1 Å². The standard InChI is InChI=1S/C9H7ClF3N3/c10-7-5-6(1-3-14-7)8(9(11,12)13)2-4-15-16-8/h1,3-5,16H,2H2. The van der Waals surface area contributed by atoms with Gasteiger partial charge in [0.05, 0.1) is 0 Å². The van der Waals surface area contributed by atoms with Crippen LogP contribution in [0.25, 0.3) is 0 Å². The molecule has 1 N–H and O–H groups in total. The summed E-state index contributed by atoms with van der Waals surface area (Å²) >= 11 is 5.59. The Hall–Kier alpha value is -1.30. The molecule has 0 aliphatic carbocycles. The van der Waals surface area contributed by atoms with Gasteiger partial charge in [-0.1, -0.05) is 11.6 Å². The Bertz CT molecular complexity index is 422. The lowest BCUT2D eigenvalue weighted by molar-refractivity contribution is -0.196. The third kappa shape index (κ3) is 1.63. The molecular weight excluding hydrogens is 243 g/mol. The van der Waals surface area contributed by atoms with Gasteiger partial charge in [0.2, 0.25) is 0 Å². The number of alkyl halides is 3. The summed E-state index contributed by atoms with van der Waals surface area (Å²) in [6.07, 6.45) is -2.27. The Balaban J connectivity index is 2.49. The average Bonchev–Trinajstić information content (AvgIpc) is 2.66. The first-order valence-corrected chi connectivity index (χ1v) is 4.81.